The van der Waals surface area contributed by atoms with Crippen molar-refractivity contribution in [3.8, 4) is 0 Å². The second kappa shape index (κ2) is 9.48. The molecule has 0 saturated heterocycles. The summed E-state index contributed by atoms with van der Waals surface area (Å²) in [5, 5.41) is 2.62. The van der Waals surface area contributed by atoms with E-state index in [2.05, 4.69) is 28.8 Å². The minimum absolute atomic E-state index is 0.214. The maximum atomic E-state index is 11.8. The Hall–Kier alpha value is -1.80. The highest BCUT2D eigenvalue weighted by atomic mass is 32.2. The summed E-state index contributed by atoms with van der Waals surface area (Å²) in [5.74, 6) is -0.655. The highest BCUT2D eigenvalue weighted by Gasteiger charge is 2.13. The van der Waals surface area contributed by atoms with Gasteiger partial charge in [0.15, 0.2) is 9.84 Å². The summed E-state index contributed by atoms with van der Waals surface area (Å²) in [7, 11) is -2.06. The zero-order chi connectivity index (χ0) is 18.2. The third kappa shape index (κ3) is 6.37. The van der Waals surface area contributed by atoms with Crippen molar-refractivity contribution in [2.75, 3.05) is 48.7 Å². The molecule has 7 nitrogen and oxygen atoms in total. The molecule has 136 valence electrons. The Bertz CT molecular complexity index is 642. The summed E-state index contributed by atoms with van der Waals surface area (Å²) in [4.78, 5) is 14.0. The first-order valence-electron chi connectivity index (χ1n) is 7.81. The van der Waals surface area contributed by atoms with Gasteiger partial charge in [-0.15, -0.1) is 0 Å². The van der Waals surface area contributed by atoms with Crippen LogP contribution in [0.25, 0.3) is 0 Å². The fraction of sp³-hybridized carbons (Fsp3) is 0.562. The van der Waals surface area contributed by atoms with Crippen LogP contribution in [-0.4, -0.2) is 53.0 Å². The number of amides is 1. The molecule has 0 heterocycles. The van der Waals surface area contributed by atoms with E-state index < -0.39 is 15.9 Å². The molecule has 0 bridgehead atoms. The van der Waals surface area contributed by atoms with Crippen LogP contribution in [0, 0.1) is 6.92 Å². The van der Waals surface area contributed by atoms with Crippen LogP contribution in [0.2, 0.25) is 0 Å². The summed E-state index contributed by atoms with van der Waals surface area (Å²) >= 11 is 0. The molecule has 1 aromatic rings. The number of nitrogens with zero attached hydrogens (tertiary/aromatic N) is 1. The number of nitrogens with one attached hydrogen (secondary N) is 1. The second-order valence-electron chi connectivity index (χ2n) is 5.29. The number of rotatable bonds is 9. The number of hydrogen-bond acceptors (Lipinski definition) is 6. The molecule has 0 aliphatic carbocycles. The van der Waals surface area contributed by atoms with Crippen LogP contribution in [0.15, 0.2) is 18.2 Å². The van der Waals surface area contributed by atoms with E-state index in [9.17, 15) is 13.2 Å². The van der Waals surface area contributed by atoms with Gasteiger partial charge in [0.25, 0.3) is 0 Å². The number of anilines is 2. The van der Waals surface area contributed by atoms with Gasteiger partial charge in [-0.1, -0.05) is 0 Å². The van der Waals surface area contributed by atoms with Crippen molar-refractivity contribution < 1.29 is 22.7 Å². The van der Waals surface area contributed by atoms with E-state index in [0.29, 0.717) is 5.69 Å². The first-order valence-corrected chi connectivity index (χ1v) is 9.63. The van der Waals surface area contributed by atoms with Gasteiger partial charge in [-0.05, 0) is 44.5 Å². The van der Waals surface area contributed by atoms with E-state index in [4.69, 9.17) is 4.74 Å². The lowest BCUT2D eigenvalue weighted by Gasteiger charge is -2.22. The third-order valence-corrected chi connectivity index (χ3v) is 4.88. The number of sulfone groups is 1. The van der Waals surface area contributed by atoms with E-state index in [1.807, 2.05) is 25.1 Å². The van der Waals surface area contributed by atoms with Gasteiger partial charge in [-0.2, -0.15) is 0 Å². The van der Waals surface area contributed by atoms with Crippen LogP contribution in [0.4, 0.5) is 16.2 Å². The maximum Gasteiger partial charge on any atom is 0.411 e. The molecule has 0 unspecified atom stereocenters. The number of aryl methyl sites for hydroxylation is 1. The summed E-state index contributed by atoms with van der Waals surface area (Å²) < 4.78 is 32.4. The Balaban J connectivity index is 2.58. The van der Waals surface area contributed by atoms with Gasteiger partial charge in [0.1, 0.15) is 12.5 Å². The normalized spacial score (nSPS) is 11.2. The van der Waals surface area contributed by atoms with Crippen LogP contribution < -0.4 is 10.2 Å². The molecule has 1 rings (SSSR count). The minimum atomic E-state index is -3.36. The van der Waals surface area contributed by atoms with E-state index in [1.165, 1.54) is 7.11 Å². The standard InChI is InChI=1S/C16H26N2O5S/c1-5-18(6-2)14-7-8-15(13(3)11-14)17-16(19)23-9-10-24(20,21)12-22-4/h7-8,11H,5-6,9-10,12H2,1-4H3,(H,17,19). The highest BCUT2D eigenvalue weighted by molar-refractivity contribution is 7.91. The van der Waals surface area contributed by atoms with Crippen molar-refractivity contribution in [3.63, 3.8) is 0 Å². The molecule has 8 heteroatoms. The Morgan fingerprint density at radius 1 is 1.25 bits per heavy atom. The van der Waals surface area contributed by atoms with Gasteiger partial charge in [0, 0.05) is 31.6 Å². The first kappa shape index (κ1) is 20.2. The quantitative estimate of drug-likeness (QED) is 0.730. The van der Waals surface area contributed by atoms with Crippen LogP contribution in [0.3, 0.4) is 0 Å². The van der Waals surface area contributed by atoms with Crippen LogP contribution in [-0.2, 0) is 19.3 Å². The molecular weight excluding hydrogens is 332 g/mol. The van der Waals surface area contributed by atoms with Gasteiger partial charge in [0.2, 0.25) is 0 Å². The maximum absolute atomic E-state index is 11.8. The average molecular weight is 358 g/mol. The van der Waals surface area contributed by atoms with E-state index in [0.717, 1.165) is 24.3 Å². The summed E-state index contributed by atoms with van der Waals surface area (Å²) in [5.41, 5.74) is 2.63. The number of benzene rings is 1. The molecule has 1 amide bonds. The lowest BCUT2D eigenvalue weighted by atomic mass is 10.1. The molecule has 24 heavy (non-hydrogen) atoms. The summed E-state index contributed by atoms with van der Waals surface area (Å²) in [6.07, 6.45) is -0.679. The number of hydrogen-bond donors (Lipinski definition) is 1. The monoisotopic (exact) mass is 358 g/mol. The van der Waals surface area contributed by atoms with Crippen molar-refractivity contribution >= 4 is 27.3 Å². The smallest absolute Gasteiger partial charge is 0.411 e. The van der Waals surface area contributed by atoms with Crippen molar-refractivity contribution in [2.24, 2.45) is 0 Å². The van der Waals surface area contributed by atoms with Crippen molar-refractivity contribution in [2.45, 2.75) is 20.8 Å². The van der Waals surface area contributed by atoms with Crippen molar-refractivity contribution in [3.05, 3.63) is 23.8 Å². The number of ether oxygens (including phenoxy) is 2. The first-order chi connectivity index (χ1) is 11.3. The number of carbonyl (C=O) groups is 1. The van der Waals surface area contributed by atoms with Gasteiger partial charge >= 0.3 is 6.09 Å². The Morgan fingerprint density at radius 3 is 2.46 bits per heavy atom. The molecule has 0 aliphatic rings. The van der Waals surface area contributed by atoms with Crippen LogP contribution >= 0.6 is 0 Å². The average Bonchev–Trinajstić information content (AvgIpc) is 2.50. The van der Waals surface area contributed by atoms with Gasteiger partial charge < -0.3 is 14.4 Å². The molecule has 1 aromatic carbocycles. The number of carbonyl (C=O) groups excluding carboxylic acids is 1. The highest BCUT2D eigenvalue weighted by Crippen LogP contribution is 2.22. The largest absolute Gasteiger partial charge is 0.448 e. The molecule has 0 aliphatic heterocycles. The molecular formula is C16H26N2O5S. The fourth-order valence-electron chi connectivity index (χ4n) is 2.22. The summed E-state index contributed by atoms with van der Waals surface area (Å²) in [6, 6.07) is 5.73. The molecule has 0 atom stereocenters. The Kier molecular flexibility index (Phi) is 8.00. The predicted octanol–water partition coefficient (Wildman–Crippen LogP) is 2.41. The van der Waals surface area contributed by atoms with E-state index in [-0.39, 0.29) is 18.3 Å². The summed E-state index contributed by atoms with van der Waals surface area (Å²) in [6.45, 7) is 7.65. The zero-order valence-corrected chi connectivity index (χ0v) is 15.5. The molecule has 1 N–H and O–H groups in total. The number of methoxy groups -OCH3 is 1. The van der Waals surface area contributed by atoms with Crippen molar-refractivity contribution in [1.29, 1.82) is 0 Å². The fourth-order valence-corrected chi connectivity index (χ4v) is 3.03. The Morgan fingerprint density at radius 2 is 1.92 bits per heavy atom. The topological polar surface area (TPSA) is 84.9 Å². The van der Waals surface area contributed by atoms with Crippen LogP contribution in [0.1, 0.15) is 19.4 Å². The van der Waals surface area contributed by atoms with Gasteiger partial charge in [-0.3, -0.25) is 5.32 Å². The molecule has 0 radical (unpaired) electrons. The SMILES string of the molecule is CCN(CC)c1ccc(NC(=O)OCCS(=O)(=O)COC)c(C)c1. The molecule has 0 fully saturated rings. The molecule has 0 spiro atoms. The molecule has 0 aromatic heterocycles. The lowest BCUT2D eigenvalue weighted by molar-refractivity contribution is 0.168. The second-order valence-corrected chi connectivity index (χ2v) is 7.42. The lowest BCUT2D eigenvalue weighted by Crippen LogP contribution is -2.23. The van der Waals surface area contributed by atoms with E-state index >= 15 is 0 Å². The Labute approximate surface area is 143 Å². The third-order valence-electron chi connectivity index (χ3n) is 3.50. The van der Waals surface area contributed by atoms with Crippen molar-refractivity contribution in [1.82, 2.24) is 0 Å². The van der Waals surface area contributed by atoms with Crippen LogP contribution in [0.5, 0.6) is 0 Å². The molecule has 0 saturated carbocycles. The van der Waals surface area contributed by atoms with Gasteiger partial charge in [-0.25, -0.2) is 13.2 Å². The predicted molar refractivity (Wildman–Crippen MR) is 95.4 cm³/mol. The zero-order valence-electron chi connectivity index (χ0n) is 14.7. The van der Waals surface area contributed by atoms with Gasteiger partial charge in [0.05, 0.1) is 5.75 Å². The van der Waals surface area contributed by atoms with E-state index in [1.54, 1.807) is 0 Å². The minimum Gasteiger partial charge on any atom is -0.448 e.